The maximum absolute atomic E-state index is 13.3. The molecular weight excluding hydrogens is 226 g/mol. The number of nitrogens with two attached hydrogens (primary N) is 1. The smallest absolute Gasteiger partial charge is 0.227 e. The van der Waals surface area contributed by atoms with Crippen molar-refractivity contribution in [1.29, 1.82) is 0 Å². The van der Waals surface area contributed by atoms with E-state index in [1.165, 1.54) is 11.0 Å². The van der Waals surface area contributed by atoms with Gasteiger partial charge in [0.2, 0.25) is 5.91 Å². The molecule has 0 heterocycles. The Labute approximate surface area is 99.2 Å². The number of carbonyl (C=O) groups excluding carboxylic acids is 1. The summed E-state index contributed by atoms with van der Waals surface area (Å²) in [5, 5.41) is 0. The molecule has 0 saturated heterocycles. The number of hydrogen-bond donors (Lipinski definition) is 1. The number of amides is 1. The highest BCUT2D eigenvalue weighted by Crippen LogP contribution is 2.11. The number of nitrogens with zero attached hydrogens (tertiary/aromatic N) is 1. The van der Waals surface area contributed by atoms with Crippen molar-refractivity contribution in [2.75, 3.05) is 13.6 Å². The highest BCUT2D eigenvalue weighted by molar-refractivity contribution is 5.78. The molecule has 17 heavy (non-hydrogen) atoms. The van der Waals surface area contributed by atoms with E-state index in [2.05, 4.69) is 0 Å². The summed E-state index contributed by atoms with van der Waals surface area (Å²) >= 11 is 0. The van der Waals surface area contributed by atoms with Crippen LogP contribution in [0.15, 0.2) is 18.2 Å². The molecule has 0 unspecified atom stereocenters. The molecule has 1 rings (SSSR count). The van der Waals surface area contributed by atoms with E-state index in [0.717, 1.165) is 12.1 Å². The van der Waals surface area contributed by atoms with Crippen molar-refractivity contribution < 1.29 is 13.6 Å². The van der Waals surface area contributed by atoms with Crippen LogP contribution in [0.4, 0.5) is 8.78 Å². The van der Waals surface area contributed by atoms with Crippen LogP contribution < -0.4 is 5.73 Å². The summed E-state index contributed by atoms with van der Waals surface area (Å²) in [6.07, 6.45) is -0.0903. The lowest BCUT2D eigenvalue weighted by Gasteiger charge is -2.23. The second-order valence-corrected chi connectivity index (χ2v) is 4.00. The summed E-state index contributed by atoms with van der Waals surface area (Å²) < 4.78 is 26.0. The van der Waals surface area contributed by atoms with E-state index >= 15 is 0 Å². The quantitative estimate of drug-likeness (QED) is 0.865. The fourth-order valence-electron chi connectivity index (χ4n) is 1.36. The summed E-state index contributed by atoms with van der Waals surface area (Å²) in [5.41, 5.74) is 5.62. The zero-order chi connectivity index (χ0) is 13.0. The van der Waals surface area contributed by atoms with E-state index in [1.54, 1.807) is 14.0 Å². The molecule has 0 fully saturated rings. The molecule has 0 aliphatic rings. The van der Waals surface area contributed by atoms with Crippen LogP contribution in [0.1, 0.15) is 12.5 Å². The van der Waals surface area contributed by atoms with Crippen molar-refractivity contribution in [3.8, 4) is 0 Å². The van der Waals surface area contributed by atoms with Gasteiger partial charge < -0.3 is 10.6 Å². The first kappa shape index (κ1) is 13.6. The molecule has 0 aliphatic carbocycles. The lowest BCUT2D eigenvalue weighted by atomic mass is 10.1. The Hall–Kier alpha value is -1.49. The van der Waals surface area contributed by atoms with E-state index in [4.69, 9.17) is 5.73 Å². The molecule has 0 spiro atoms. The molecule has 0 radical (unpaired) electrons. The number of rotatable bonds is 4. The fraction of sp³-hybridized carbons (Fsp3) is 0.417. The second-order valence-electron chi connectivity index (χ2n) is 4.00. The molecule has 0 aliphatic heterocycles. The maximum atomic E-state index is 13.3. The Morgan fingerprint density at radius 1 is 1.47 bits per heavy atom. The normalized spacial score (nSPS) is 12.3. The van der Waals surface area contributed by atoms with Gasteiger partial charge in [0.05, 0.1) is 6.42 Å². The first-order valence-electron chi connectivity index (χ1n) is 5.35. The molecule has 1 aromatic rings. The van der Waals surface area contributed by atoms with Crippen LogP contribution in [-0.2, 0) is 11.2 Å². The maximum Gasteiger partial charge on any atom is 0.227 e. The predicted octanol–water partition coefficient (Wildman–Crippen LogP) is 1.31. The van der Waals surface area contributed by atoms with Gasteiger partial charge in [0.1, 0.15) is 11.6 Å². The van der Waals surface area contributed by atoms with Crippen LogP contribution in [0, 0.1) is 11.6 Å². The minimum Gasteiger partial charge on any atom is -0.341 e. The molecule has 2 N–H and O–H groups in total. The minimum atomic E-state index is -0.702. The number of carbonyl (C=O) groups is 1. The topological polar surface area (TPSA) is 46.3 Å². The average Bonchev–Trinajstić information content (AvgIpc) is 2.30. The molecule has 94 valence electrons. The van der Waals surface area contributed by atoms with Gasteiger partial charge in [-0.25, -0.2) is 8.78 Å². The number of likely N-dealkylation sites (N-methyl/N-ethyl adjacent to an activating group) is 1. The molecule has 0 bridgehead atoms. The first-order valence-corrected chi connectivity index (χ1v) is 5.35. The van der Waals surface area contributed by atoms with E-state index in [-0.39, 0.29) is 23.9 Å². The highest BCUT2D eigenvalue weighted by atomic mass is 19.1. The fourth-order valence-corrected chi connectivity index (χ4v) is 1.36. The van der Waals surface area contributed by atoms with Gasteiger partial charge in [-0.05, 0) is 18.6 Å². The van der Waals surface area contributed by atoms with Gasteiger partial charge in [0.25, 0.3) is 0 Å². The molecule has 0 saturated carbocycles. The van der Waals surface area contributed by atoms with Crippen LogP contribution in [0.2, 0.25) is 0 Å². The number of benzene rings is 1. The standard InChI is InChI=1S/C12H16F2N2O/c1-8(7-15)16(2)12(17)5-9-3-4-10(13)6-11(9)14/h3-4,6,8H,5,7,15H2,1-2H3/t8-/m1/s1. The third kappa shape index (κ3) is 3.49. The van der Waals surface area contributed by atoms with Crippen LogP contribution >= 0.6 is 0 Å². The Balaban J connectivity index is 2.74. The Kier molecular flexibility index (Phi) is 4.57. The number of halogens is 2. The molecule has 5 heteroatoms. The van der Waals surface area contributed by atoms with Crippen molar-refractivity contribution >= 4 is 5.91 Å². The van der Waals surface area contributed by atoms with E-state index in [1.807, 2.05) is 0 Å². The van der Waals surface area contributed by atoms with Gasteiger partial charge in [-0.15, -0.1) is 0 Å². The summed E-state index contributed by atoms with van der Waals surface area (Å²) in [6, 6.07) is 3.09. The predicted molar refractivity (Wildman–Crippen MR) is 61.3 cm³/mol. The largest absolute Gasteiger partial charge is 0.341 e. The Bertz CT molecular complexity index is 409. The van der Waals surface area contributed by atoms with Crippen molar-refractivity contribution in [3.05, 3.63) is 35.4 Å². The zero-order valence-corrected chi connectivity index (χ0v) is 9.91. The van der Waals surface area contributed by atoms with Crippen LogP contribution in [0.5, 0.6) is 0 Å². The second kappa shape index (κ2) is 5.72. The lowest BCUT2D eigenvalue weighted by molar-refractivity contribution is -0.130. The third-order valence-corrected chi connectivity index (χ3v) is 2.75. The molecule has 3 nitrogen and oxygen atoms in total. The van der Waals surface area contributed by atoms with Crippen molar-refractivity contribution in [3.63, 3.8) is 0 Å². The Morgan fingerprint density at radius 2 is 2.12 bits per heavy atom. The lowest BCUT2D eigenvalue weighted by Crippen LogP contribution is -2.40. The zero-order valence-electron chi connectivity index (χ0n) is 9.91. The SMILES string of the molecule is C[C@H](CN)N(C)C(=O)Cc1ccc(F)cc1F. The summed E-state index contributed by atoms with van der Waals surface area (Å²) in [6.45, 7) is 2.15. The van der Waals surface area contributed by atoms with Gasteiger partial charge in [-0.1, -0.05) is 6.07 Å². The molecule has 1 amide bonds. The summed E-state index contributed by atoms with van der Waals surface area (Å²) in [7, 11) is 1.61. The monoisotopic (exact) mass is 242 g/mol. The van der Waals surface area contributed by atoms with E-state index in [0.29, 0.717) is 6.54 Å². The molecular formula is C12H16F2N2O. The summed E-state index contributed by atoms with van der Waals surface area (Å²) in [5.74, 6) is -1.59. The Morgan fingerprint density at radius 3 is 2.65 bits per heavy atom. The van der Waals surface area contributed by atoms with Crippen molar-refractivity contribution in [2.45, 2.75) is 19.4 Å². The molecule has 0 aromatic heterocycles. The molecule has 1 aromatic carbocycles. The first-order chi connectivity index (χ1) is 7.95. The summed E-state index contributed by atoms with van der Waals surface area (Å²) in [4.78, 5) is 13.2. The van der Waals surface area contributed by atoms with Crippen molar-refractivity contribution in [1.82, 2.24) is 4.90 Å². The van der Waals surface area contributed by atoms with Gasteiger partial charge in [-0.3, -0.25) is 4.79 Å². The van der Waals surface area contributed by atoms with E-state index < -0.39 is 11.6 Å². The van der Waals surface area contributed by atoms with Crippen LogP contribution in [0.25, 0.3) is 0 Å². The third-order valence-electron chi connectivity index (χ3n) is 2.75. The highest BCUT2D eigenvalue weighted by Gasteiger charge is 2.16. The number of hydrogen-bond acceptors (Lipinski definition) is 2. The van der Waals surface area contributed by atoms with Gasteiger partial charge in [-0.2, -0.15) is 0 Å². The van der Waals surface area contributed by atoms with E-state index in [9.17, 15) is 13.6 Å². The van der Waals surface area contributed by atoms with Gasteiger partial charge >= 0.3 is 0 Å². The van der Waals surface area contributed by atoms with Crippen LogP contribution in [0.3, 0.4) is 0 Å². The molecule has 1 atom stereocenters. The van der Waals surface area contributed by atoms with Crippen LogP contribution in [-0.4, -0.2) is 30.4 Å². The minimum absolute atomic E-state index is 0.0903. The van der Waals surface area contributed by atoms with Crippen molar-refractivity contribution in [2.24, 2.45) is 5.73 Å². The average molecular weight is 242 g/mol. The van der Waals surface area contributed by atoms with Gasteiger partial charge in [0, 0.05) is 25.7 Å². The van der Waals surface area contributed by atoms with Gasteiger partial charge in [0.15, 0.2) is 0 Å².